The fourth-order valence-electron chi connectivity index (χ4n) is 3.03. The number of hydrogen-bond donors (Lipinski definition) is 1. The van der Waals surface area contributed by atoms with Crippen molar-refractivity contribution in [3.63, 3.8) is 0 Å². The number of nitrogens with zero attached hydrogens (tertiary/aromatic N) is 1. The topological polar surface area (TPSA) is 38.5 Å². The molecular weight excluding hydrogens is 267 g/mol. The quantitative estimate of drug-likeness (QED) is 0.876. The average molecular weight is 294 g/mol. The van der Waals surface area contributed by atoms with Crippen molar-refractivity contribution in [1.82, 2.24) is 0 Å². The third-order valence-corrected chi connectivity index (χ3v) is 4.41. The predicted molar refractivity (Wildman–Crippen MR) is 85.2 cm³/mol. The average Bonchev–Trinajstić information content (AvgIpc) is 2.49. The molecule has 2 rings (SSSR count). The zero-order valence-electron chi connectivity index (χ0n) is 13.1. The Kier molecular flexibility index (Phi) is 6.00. The van der Waals surface area contributed by atoms with Gasteiger partial charge in [-0.2, -0.15) is 0 Å². The number of hydrogen-bond acceptors (Lipinski definition) is 3. The van der Waals surface area contributed by atoms with Crippen LogP contribution in [0, 0.1) is 11.7 Å². The van der Waals surface area contributed by atoms with Crippen molar-refractivity contribution >= 4 is 5.69 Å². The summed E-state index contributed by atoms with van der Waals surface area (Å²) in [4.78, 5) is 2.36. The molecule has 1 heterocycles. The van der Waals surface area contributed by atoms with Crippen molar-refractivity contribution in [3.8, 4) is 0 Å². The summed E-state index contributed by atoms with van der Waals surface area (Å²) in [6, 6.07) is 5.20. The molecule has 2 N–H and O–H groups in total. The van der Waals surface area contributed by atoms with Gasteiger partial charge >= 0.3 is 0 Å². The standard InChI is InChI=1S/C17H27FN2O/c1-3-16(19)11-14-10-15(18)4-5-17(14)20-8-6-13(7-9-20)12-21-2/h4-5,10,13,16H,3,6-9,11-12,19H2,1-2H3. The Balaban J connectivity index is 2.09. The van der Waals surface area contributed by atoms with Gasteiger partial charge in [0.05, 0.1) is 0 Å². The fraction of sp³-hybridized carbons (Fsp3) is 0.647. The van der Waals surface area contributed by atoms with Gasteiger partial charge in [-0.1, -0.05) is 6.92 Å². The largest absolute Gasteiger partial charge is 0.384 e. The van der Waals surface area contributed by atoms with E-state index in [1.165, 1.54) is 0 Å². The molecule has 1 saturated heterocycles. The molecule has 4 heteroatoms. The number of methoxy groups -OCH3 is 1. The van der Waals surface area contributed by atoms with Crippen molar-refractivity contribution in [3.05, 3.63) is 29.6 Å². The SMILES string of the molecule is CCC(N)Cc1cc(F)ccc1N1CCC(COC)CC1. The summed E-state index contributed by atoms with van der Waals surface area (Å²) in [6.45, 7) is 4.92. The van der Waals surface area contributed by atoms with Gasteiger partial charge in [-0.05, 0) is 55.4 Å². The van der Waals surface area contributed by atoms with Crippen molar-refractivity contribution < 1.29 is 9.13 Å². The number of ether oxygens (including phenoxy) is 1. The molecule has 1 atom stereocenters. The summed E-state index contributed by atoms with van der Waals surface area (Å²) < 4.78 is 18.8. The molecule has 1 aliphatic heterocycles. The zero-order valence-corrected chi connectivity index (χ0v) is 13.1. The normalized spacial score (nSPS) is 18.0. The summed E-state index contributed by atoms with van der Waals surface area (Å²) in [5.74, 6) is 0.472. The minimum Gasteiger partial charge on any atom is -0.384 e. The van der Waals surface area contributed by atoms with E-state index in [0.29, 0.717) is 5.92 Å². The zero-order chi connectivity index (χ0) is 15.2. The maximum Gasteiger partial charge on any atom is 0.123 e. The second-order valence-corrected chi connectivity index (χ2v) is 6.03. The Bertz CT molecular complexity index is 444. The van der Waals surface area contributed by atoms with Crippen LogP contribution < -0.4 is 10.6 Å². The van der Waals surface area contributed by atoms with Gasteiger partial charge in [-0.15, -0.1) is 0 Å². The summed E-state index contributed by atoms with van der Waals surface area (Å²) in [7, 11) is 1.76. The third kappa shape index (κ3) is 4.42. The minimum atomic E-state index is -0.175. The van der Waals surface area contributed by atoms with Crippen molar-refractivity contribution in [2.75, 3.05) is 31.7 Å². The van der Waals surface area contributed by atoms with Crippen molar-refractivity contribution in [2.45, 2.75) is 38.6 Å². The molecule has 1 fully saturated rings. The summed E-state index contributed by atoms with van der Waals surface area (Å²) in [6.07, 6.45) is 3.91. The van der Waals surface area contributed by atoms with Crippen LogP contribution in [0.4, 0.5) is 10.1 Å². The molecular formula is C17H27FN2O. The number of benzene rings is 1. The molecule has 0 radical (unpaired) electrons. The number of piperidine rings is 1. The molecule has 21 heavy (non-hydrogen) atoms. The molecule has 0 spiro atoms. The second kappa shape index (κ2) is 7.76. The highest BCUT2D eigenvalue weighted by Crippen LogP contribution is 2.28. The van der Waals surface area contributed by atoms with E-state index < -0.39 is 0 Å². The smallest absolute Gasteiger partial charge is 0.123 e. The lowest BCUT2D eigenvalue weighted by Gasteiger charge is -2.35. The Hall–Kier alpha value is -1.13. The molecule has 0 aromatic heterocycles. The second-order valence-electron chi connectivity index (χ2n) is 6.03. The van der Waals surface area contributed by atoms with Crippen LogP contribution in [0.25, 0.3) is 0 Å². The van der Waals surface area contributed by atoms with Gasteiger partial charge in [0, 0.05) is 38.5 Å². The predicted octanol–water partition coefficient (Wildman–Crippen LogP) is 2.97. The molecule has 1 aromatic rings. The van der Waals surface area contributed by atoms with Gasteiger partial charge in [-0.3, -0.25) is 0 Å². The first-order valence-electron chi connectivity index (χ1n) is 7.92. The van der Waals surface area contributed by atoms with Crippen molar-refractivity contribution in [2.24, 2.45) is 11.7 Å². The lowest BCUT2D eigenvalue weighted by molar-refractivity contribution is 0.139. The van der Waals surface area contributed by atoms with Crippen LogP contribution in [0.3, 0.4) is 0 Å². The molecule has 0 aliphatic carbocycles. The van der Waals surface area contributed by atoms with E-state index in [9.17, 15) is 4.39 Å². The highest BCUT2D eigenvalue weighted by atomic mass is 19.1. The lowest BCUT2D eigenvalue weighted by atomic mass is 9.95. The Labute approximate surface area is 127 Å². The van der Waals surface area contributed by atoms with Crippen LogP contribution in [0.15, 0.2) is 18.2 Å². The lowest BCUT2D eigenvalue weighted by Crippen LogP contribution is -2.36. The highest BCUT2D eigenvalue weighted by Gasteiger charge is 2.21. The molecule has 1 aliphatic rings. The molecule has 1 aromatic carbocycles. The molecule has 118 valence electrons. The van der Waals surface area contributed by atoms with E-state index in [1.54, 1.807) is 19.2 Å². The van der Waals surface area contributed by atoms with Crippen molar-refractivity contribution in [1.29, 1.82) is 0 Å². The van der Waals surface area contributed by atoms with Crippen LogP contribution in [0.5, 0.6) is 0 Å². The monoisotopic (exact) mass is 294 g/mol. The van der Waals surface area contributed by atoms with Gasteiger partial charge < -0.3 is 15.4 Å². The van der Waals surface area contributed by atoms with Crippen LogP contribution in [-0.4, -0.2) is 32.8 Å². The fourth-order valence-corrected chi connectivity index (χ4v) is 3.03. The molecule has 0 saturated carbocycles. The molecule has 0 amide bonds. The van der Waals surface area contributed by atoms with Gasteiger partial charge in [0.25, 0.3) is 0 Å². The van der Waals surface area contributed by atoms with Crippen LogP contribution >= 0.6 is 0 Å². The van der Waals surface area contributed by atoms with Crippen LogP contribution in [-0.2, 0) is 11.2 Å². The van der Waals surface area contributed by atoms with Crippen LogP contribution in [0.2, 0.25) is 0 Å². The van der Waals surface area contributed by atoms with E-state index in [0.717, 1.165) is 56.6 Å². The number of rotatable bonds is 6. The van der Waals surface area contributed by atoms with E-state index in [4.69, 9.17) is 10.5 Å². The Morgan fingerprint density at radius 1 is 1.38 bits per heavy atom. The molecule has 1 unspecified atom stereocenters. The third-order valence-electron chi connectivity index (χ3n) is 4.41. The van der Waals surface area contributed by atoms with E-state index in [1.807, 2.05) is 6.07 Å². The Morgan fingerprint density at radius 2 is 2.10 bits per heavy atom. The minimum absolute atomic E-state index is 0.0941. The first-order valence-corrected chi connectivity index (χ1v) is 7.92. The molecule has 3 nitrogen and oxygen atoms in total. The Morgan fingerprint density at radius 3 is 2.71 bits per heavy atom. The van der Waals surface area contributed by atoms with E-state index >= 15 is 0 Å². The van der Waals surface area contributed by atoms with Gasteiger partial charge in [0.15, 0.2) is 0 Å². The van der Waals surface area contributed by atoms with Gasteiger partial charge in [-0.25, -0.2) is 4.39 Å². The summed E-state index contributed by atoms with van der Waals surface area (Å²) >= 11 is 0. The van der Waals surface area contributed by atoms with E-state index in [-0.39, 0.29) is 11.9 Å². The maximum atomic E-state index is 13.6. The van der Waals surface area contributed by atoms with Gasteiger partial charge in [0.1, 0.15) is 5.82 Å². The van der Waals surface area contributed by atoms with E-state index in [2.05, 4.69) is 11.8 Å². The number of halogens is 1. The maximum absolute atomic E-state index is 13.6. The van der Waals surface area contributed by atoms with Crippen LogP contribution in [0.1, 0.15) is 31.7 Å². The first-order chi connectivity index (χ1) is 10.1. The summed E-state index contributed by atoms with van der Waals surface area (Å²) in [5, 5.41) is 0. The summed E-state index contributed by atoms with van der Waals surface area (Å²) in [5.41, 5.74) is 8.24. The number of nitrogens with two attached hydrogens (primary N) is 1. The first kappa shape index (κ1) is 16.2. The highest BCUT2D eigenvalue weighted by molar-refractivity contribution is 5.54. The molecule has 0 bridgehead atoms. The number of anilines is 1. The van der Waals surface area contributed by atoms with Gasteiger partial charge in [0.2, 0.25) is 0 Å².